The molecule has 0 saturated carbocycles. The summed E-state index contributed by atoms with van der Waals surface area (Å²) in [6, 6.07) is 129. The fraction of sp³-hybridized carbons (Fsp3) is 0.0101. The standard InChI is InChI=1S/C49H30N4O.C32H21N3.C18H11BrO/c1-2-12-33(13-3-1)52-47-35(16-11-22-45(47)53-44-21-8-6-19-41(44)50-49(52)53)32-26-29-43-40(30-32)37-14-4-7-20-42(37)51(43)34-27-24-31(25-28-34)36-17-10-18-39-38-15-5-9-23-46(38)54-48(36)39;1-2-10-24(11-3-1)34-31-26(23-18-17-22-19-21-9-4-5-12-25(21)27(22)20-23)13-8-16-30(31)35-29-15-7-6-14-28(29)33-32(34)35;19-13-10-8-12(9-11-13)14-5-3-6-16-15-4-1-2-7-17(15)20-18(14)16/h1-30H;1-18,20H,19H2;1-11H. The van der Waals surface area contributed by atoms with Crippen molar-refractivity contribution >= 4 is 137 Å². The largest absolute Gasteiger partial charge is 0.455 e. The molecule has 24 rings (SSSR count). The van der Waals surface area contributed by atoms with Gasteiger partial charge in [-0.05, 0) is 172 Å². The Kier molecular flexibility index (Phi) is 14.3. The lowest BCUT2D eigenvalue weighted by molar-refractivity contribution is 0.669. The van der Waals surface area contributed by atoms with Crippen molar-refractivity contribution in [3.63, 3.8) is 0 Å². The molecule has 0 radical (unpaired) electrons. The quantitative estimate of drug-likeness (QED) is 0.159. The smallest absolute Gasteiger partial charge is 0.220 e. The first-order valence-corrected chi connectivity index (χ1v) is 37.6. The van der Waals surface area contributed by atoms with Gasteiger partial charge < -0.3 is 13.4 Å². The third kappa shape index (κ3) is 9.99. The molecule has 109 heavy (non-hydrogen) atoms. The lowest BCUT2D eigenvalue weighted by atomic mass is 9.97. The molecule has 7 heterocycles. The molecule has 23 aromatic rings. The van der Waals surface area contributed by atoms with E-state index in [9.17, 15) is 0 Å². The molecule has 7 aromatic heterocycles. The number of rotatable bonds is 7. The van der Waals surface area contributed by atoms with Crippen LogP contribution in [0.5, 0.6) is 0 Å². The van der Waals surface area contributed by atoms with Crippen LogP contribution in [0.3, 0.4) is 0 Å². The van der Waals surface area contributed by atoms with Crippen molar-refractivity contribution < 1.29 is 8.83 Å². The highest BCUT2D eigenvalue weighted by molar-refractivity contribution is 9.10. The number of para-hydroxylation sites is 13. The van der Waals surface area contributed by atoms with Gasteiger partial charge in [0.25, 0.3) is 0 Å². The van der Waals surface area contributed by atoms with Gasteiger partial charge in [0.05, 0.1) is 55.2 Å². The number of fused-ring (bicyclic) bond motifs is 22. The van der Waals surface area contributed by atoms with E-state index in [-0.39, 0.29) is 0 Å². The lowest BCUT2D eigenvalue weighted by Crippen LogP contribution is -1.96. The molecule has 16 aromatic carbocycles. The van der Waals surface area contributed by atoms with Crippen LogP contribution in [0.4, 0.5) is 0 Å². The first-order valence-electron chi connectivity index (χ1n) is 36.8. The molecule has 0 unspecified atom stereocenters. The number of benzene rings is 16. The minimum atomic E-state index is 0.905. The molecule has 0 bridgehead atoms. The fourth-order valence-corrected chi connectivity index (χ4v) is 17.3. The third-order valence-corrected chi connectivity index (χ3v) is 22.5. The first kappa shape index (κ1) is 62.3. The van der Waals surface area contributed by atoms with E-state index >= 15 is 0 Å². The maximum atomic E-state index is 6.38. The van der Waals surface area contributed by atoms with Gasteiger partial charge in [0.15, 0.2) is 0 Å². The SMILES string of the molecule is Brc1ccc(-c2cccc3c2oc2ccccc23)cc1.c1ccc(-n2c3c(-c4ccc5c(c4)-c4ccccc4C5)cccc3n3c4ccccc4nc23)cc1.c1ccc(-n2c3c(-c4ccc5c(c4)c4ccccc4n5-c4ccc(-c5cccc6c5oc5ccccc56)cc4)cccc3n3c4ccccc4nc23)cc1. The van der Waals surface area contributed by atoms with E-state index in [2.05, 4.69) is 372 Å². The van der Waals surface area contributed by atoms with Crippen LogP contribution in [0.15, 0.2) is 377 Å². The van der Waals surface area contributed by atoms with Crippen molar-refractivity contribution in [1.29, 1.82) is 0 Å². The van der Waals surface area contributed by atoms with Gasteiger partial charge in [-0.1, -0.05) is 259 Å². The molecule has 10 heteroatoms. The van der Waals surface area contributed by atoms with Gasteiger partial charge >= 0.3 is 0 Å². The highest BCUT2D eigenvalue weighted by atomic mass is 79.9. The molecule has 9 nitrogen and oxygen atoms in total. The number of furan rings is 2. The van der Waals surface area contributed by atoms with Gasteiger partial charge in [0.2, 0.25) is 11.6 Å². The summed E-state index contributed by atoms with van der Waals surface area (Å²) in [6.07, 6.45) is 1.01. The number of halogens is 1. The van der Waals surface area contributed by atoms with Crippen LogP contribution in [0, 0.1) is 0 Å². The summed E-state index contributed by atoms with van der Waals surface area (Å²) in [5, 5.41) is 7.05. The topological polar surface area (TPSA) is 75.7 Å². The number of aromatic nitrogens is 7. The lowest BCUT2D eigenvalue weighted by Gasteiger charge is -2.11. The summed E-state index contributed by atoms with van der Waals surface area (Å²) in [5.74, 6) is 1.84. The zero-order chi connectivity index (χ0) is 71.8. The van der Waals surface area contributed by atoms with E-state index in [1.54, 1.807) is 0 Å². The van der Waals surface area contributed by atoms with Crippen molar-refractivity contribution in [2.24, 2.45) is 0 Å². The van der Waals surface area contributed by atoms with Gasteiger partial charge in [-0.3, -0.25) is 17.9 Å². The summed E-state index contributed by atoms with van der Waals surface area (Å²) in [4.78, 5) is 10.2. The molecule has 1 aliphatic rings. The Morgan fingerprint density at radius 1 is 0.257 bits per heavy atom. The summed E-state index contributed by atoms with van der Waals surface area (Å²) in [6.45, 7) is 0. The molecule has 0 spiro atoms. The van der Waals surface area contributed by atoms with E-state index < -0.39 is 0 Å². The van der Waals surface area contributed by atoms with Crippen molar-refractivity contribution in [3.05, 3.63) is 380 Å². The normalized spacial score (nSPS) is 12.0. The predicted molar refractivity (Wildman–Crippen MR) is 452 cm³/mol. The molecule has 1 aliphatic carbocycles. The maximum Gasteiger partial charge on any atom is 0.220 e. The Labute approximate surface area is 633 Å². The van der Waals surface area contributed by atoms with E-state index in [0.29, 0.717) is 0 Å². The van der Waals surface area contributed by atoms with Crippen LogP contribution in [0.25, 0.3) is 194 Å². The summed E-state index contributed by atoms with van der Waals surface area (Å²) in [5.41, 5.74) is 33.0. The molecule has 512 valence electrons. The van der Waals surface area contributed by atoms with Crippen LogP contribution in [0.1, 0.15) is 11.1 Å². The average Bonchev–Trinajstić information content (AvgIpc) is 1.56. The molecule has 0 atom stereocenters. The van der Waals surface area contributed by atoms with Crippen LogP contribution in [0.2, 0.25) is 0 Å². The van der Waals surface area contributed by atoms with Crippen LogP contribution >= 0.6 is 15.9 Å². The highest BCUT2D eigenvalue weighted by Gasteiger charge is 2.26. The minimum absolute atomic E-state index is 0.905. The average molecular weight is 1460 g/mol. The summed E-state index contributed by atoms with van der Waals surface area (Å²) >= 11 is 3.47. The fourth-order valence-electron chi connectivity index (χ4n) is 17.1. The Bertz CT molecular complexity index is 7580. The van der Waals surface area contributed by atoms with Gasteiger partial charge in [0.1, 0.15) is 22.3 Å². The second kappa shape index (κ2) is 25.1. The Hall–Kier alpha value is -14.1. The van der Waals surface area contributed by atoms with Gasteiger partial charge in [-0.25, -0.2) is 9.97 Å². The van der Waals surface area contributed by atoms with Gasteiger partial charge in [-0.15, -0.1) is 0 Å². The molecule has 0 aliphatic heterocycles. The van der Waals surface area contributed by atoms with Crippen LogP contribution < -0.4 is 0 Å². The number of hydrogen-bond acceptors (Lipinski definition) is 4. The van der Waals surface area contributed by atoms with Crippen LogP contribution in [-0.2, 0) is 6.42 Å². The molecule has 0 fully saturated rings. The molecule has 0 amide bonds. The highest BCUT2D eigenvalue weighted by Crippen LogP contribution is 2.45. The van der Waals surface area contributed by atoms with Crippen molar-refractivity contribution in [2.75, 3.05) is 0 Å². The summed E-state index contributed by atoms with van der Waals surface area (Å²) < 4.78 is 25.1. The van der Waals surface area contributed by atoms with Gasteiger partial charge in [0, 0.05) is 76.1 Å². The van der Waals surface area contributed by atoms with Gasteiger partial charge in [-0.2, -0.15) is 0 Å². The molecule has 0 saturated heterocycles. The van der Waals surface area contributed by atoms with Crippen molar-refractivity contribution in [3.8, 4) is 72.7 Å². The minimum Gasteiger partial charge on any atom is -0.455 e. The maximum absolute atomic E-state index is 6.38. The number of imidazole rings is 4. The second-order valence-corrected chi connectivity index (χ2v) is 29.0. The predicted octanol–water partition coefficient (Wildman–Crippen LogP) is 26.4. The molecule has 0 N–H and O–H groups in total. The number of nitrogens with zero attached hydrogens (tertiary/aromatic N) is 7. The van der Waals surface area contributed by atoms with E-state index in [4.69, 9.17) is 18.8 Å². The van der Waals surface area contributed by atoms with E-state index in [1.165, 1.54) is 71.5 Å². The van der Waals surface area contributed by atoms with E-state index in [1.807, 2.05) is 30.3 Å². The molecular weight excluding hydrogens is 1400 g/mol. The zero-order valence-electron chi connectivity index (χ0n) is 58.7. The first-order chi connectivity index (χ1) is 54.0. The Balaban J connectivity index is 0.000000113. The monoisotopic (exact) mass is 1460 g/mol. The van der Waals surface area contributed by atoms with Crippen LogP contribution in [-0.4, -0.2) is 32.5 Å². The van der Waals surface area contributed by atoms with Crippen molar-refractivity contribution in [1.82, 2.24) is 32.5 Å². The zero-order valence-corrected chi connectivity index (χ0v) is 60.3. The number of hydrogen-bond donors (Lipinski definition) is 0. The second-order valence-electron chi connectivity index (χ2n) is 28.1. The van der Waals surface area contributed by atoms with Crippen molar-refractivity contribution in [2.45, 2.75) is 6.42 Å². The molecular formula is C99H62BrN7O2. The van der Waals surface area contributed by atoms with E-state index in [0.717, 1.165) is 145 Å². The third-order valence-electron chi connectivity index (χ3n) is 22.0. The Morgan fingerprint density at radius 2 is 0.661 bits per heavy atom. The summed E-state index contributed by atoms with van der Waals surface area (Å²) in [7, 11) is 0. The Morgan fingerprint density at radius 3 is 1.25 bits per heavy atom.